The zero-order valence-electron chi connectivity index (χ0n) is 9.14. The minimum Gasteiger partial charge on any atom is -0.497 e. The van der Waals surface area contributed by atoms with Gasteiger partial charge in [0.1, 0.15) is 10.8 Å². The van der Waals surface area contributed by atoms with E-state index in [1.165, 1.54) is 10.4 Å². The summed E-state index contributed by atoms with van der Waals surface area (Å²) < 4.78 is 5.19. The first-order valence-corrected chi connectivity index (χ1v) is 5.90. The van der Waals surface area contributed by atoms with E-state index in [4.69, 9.17) is 10.5 Å². The number of methoxy groups -OCH3 is 1. The maximum atomic E-state index is 5.53. The van der Waals surface area contributed by atoms with Gasteiger partial charge < -0.3 is 10.5 Å². The summed E-state index contributed by atoms with van der Waals surface area (Å²) in [4.78, 5) is 5.47. The van der Waals surface area contributed by atoms with E-state index in [-0.39, 0.29) is 0 Å². The molecule has 16 heavy (non-hydrogen) atoms. The van der Waals surface area contributed by atoms with Crippen molar-refractivity contribution < 1.29 is 4.74 Å². The second kappa shape index (κ2) is 5.09. The summed E-state index contributed by atoms with van der Waals surface area (Å²) in [5.74, 6) is 0.890. The molecule has 0 fully saturated rings. The molecular weight excluding hydrogens is 220 g/mol. The van der Waals surface area contributed by atoms with Crippen LogP contribution < -0.4 is 10.5 Å². The average Bonchev–Trinajstić information content (AvgIpc) is 2.77. The van der Waals surface area contributed by atoms with Crippen LogP contribution in [0.15, 0.2) is 30.5 Å². The van der Waals surface area contributed by atoms with E-state index < -0.39 is 0 Å². The van der Waals surface area contributed by atoms with Crippen molar-refractivity contribution >= 4 is 11.3 Å². The number of rotatable bonds is 4. The molecule has 2 rings (SSSR count). The lowest BCUT2D eigenvalue weighted by molar-refractivity contribution is 0.414. The smallest absolute Gasteiger partial charge is 0.119 e. The molecule has 1 aromatic heterocycles. The molecule has 0 amide bonds. The predicted molar refractivity (Wildman–Crippen MR) is 65.8 cm³/mol. The minimum atomic E-state index is 0.517. The molecule has 0 bridgehead atoms. The van der Waals surface area contributed by atoms with Gasteiger partial charge in [0.15, 0.2) is 0 Å². The van der Waals surface area contributed by atoms with Crippen molar-refractivity contribution in [1.29, 1.82) is 0 Å². The molecule has 0 radical (unpaired) electrons. The molecule has 2 aromatic rings. The van der Waals surface area contributed by atoms with Gasteiger partial charge >= 0.3 is 0 Å². The van der Waals surface area contributed by atoms with Gasteiger partial charge in [0.05, 0.1) is 7.11 Å². The van der Waals surface area contributed by atoms with Crippen LogP contribution in [0.1, 0.15) is 15.4 Å². The Bertz CT molecular complexity index is 468. The van der Waals surface area contributed by atoms with Gasteiger partial charge in [0.25, 0.3) is 0 Å². The molecule has 4 heteroatoms. The summed E-state index contributed by atoms with van der Waals surface area (Å²) in [6.45, 7) is 0.517. The Morgan fingerprint density at radius 1 is 1.44 bits per heavy atom. The lowest BCUT2D eigenvalue weighted by Gasteiger charge is -2.02. The monoisotopic (exact) mass is 234 g/mol. The van der Waals surface area contributed by atoms with Gasteiger partial charge in [-0.1, -0.05) is 12.1 Å². The zero-order valence-corrected chi connectivity index (χ0v) is 9.96. The van der Waals surface area contributed by atoms with E-state index >= 15 is 0 Å². The first-order valence-electron chi connectivity index (χ1n) is 5.08. The molecular formula is C12H14N2OS. The fourth-order valence-electron chi connectivity index (χ4n) is 1.51. The zero-order chi connectivity index (χ0) is 11.4. The Hall–Kier alpha value is -1.39. The topological polar surface area (TPSA) is 48.1 Å². The third-order valence-electron chi connectivity index (χ3n) is 2.29. The van der Waals surface area contributed by atoms with Crippen LogP contribution in [0.3, 0.4) is 0 Å². The van der Waals surface area contributed by atoms with Crippen LogP contribution in [-0.2, 0) is 13.0 Å². The van der Waals surface area contributed by atoms with Crippen molar-refractivity contribution in [2.75, 3.05) is 7.11 Å². The van der Waals surface area contributed by atoms with Gasteiger partial charge in [-0.15, -0.1) is 11.3 Å². The minimum absolute atomic E-state index is 0.517. The molecule has 0 unspecified atom stereocenters. The summed E-state index contributed by atoms with van der Waals surface area (Å²) in [6, 6.07) is 8.08. The van der Waals surface area contributed by atoms with E-state index in [1.54, 1.807) is 18.4 Å². The number of thiazole rings is 1. The van der Waals surface area contributed by atoms with Gasteiger partial charge in [-0.2, -0.15) is 0 Å². The van der Waals surface area contributed by atoms with Crippen molar-refractivity contribution in [2.45, 2.75) is 13.0 Å². The number of nitrogens with two attached hydrogens (primary N) is 1. The summed E-state index contributed by atoms with van der Waals surface area (Å²) >= 11 is 1.66. The number of hydrogen-bond acceptors (Lipinski definition) is 4. The highest BCUT2D eigenvalue weighted by Gasteiger charge is 2.02. The molecule has 0 aliphatic heterocycles. The van der Waals surface area contributed by atoms with Crippen molar-refractivity contribution in [1.82, 2.24) is 4.98 Å². The average molecular weight is 234 g/mol. The van der Waals surface area contributed by atoms with Crippen molar-refractivity contribution in [2.24, 2.45) is 5.73 Å². The van der Waals surface area contributed by atoms with Crippen LogP contribution in [-0.4, -0.2) is 12.1 Å². The molecule has 0 saturated carbocycles. The Labute approximate surface area is 98.9 Å². The van der Waals surface area contributed by atoms with Crippen LogP contribution in [0.25, 0.3) is 0 Å². The highest BCUT2D eigenvalue weighted by atomic mass is 32.1. The molecule has 1 aromatic carbocycles. The van der Waals surface area contributed by atoms with Gasteiger partial charge in [-0.25, -0.2) is 4.98 Å². The number of benzene rings is 1. The molecule has 0 atom stereocenters. The van der Waals surface area contributed by atoms with Crippen LogP contribution in [0.4, 0.5) is 0 Å². The third kappa shape index (κ3) is 2.59. The van der Waals surface area contributed by atoms with E-state index in [0.29, 0.717) is 6.54 Å². The molecule has 0 aliphatic carbocycles. The fraction of sp³-hybridized carbons (Fsp3) is 0.250. The quantitative estimate of drug-likeness (QED) is 0.882. The number of aromatic nitrogens is 1. The van der Waals surface area contributed by atoms with Gasteiger partial charge in [-0.05, 0) is 17.7 Å². The summed E-state index contributed by atoms with van der Waals surface area (Å²) in [7, 11) is 1.68. The fourth-order valence-corrected chi connectivity index (χ4v) is 2.34. The number of nitrogens with zero attached hydrogens (tertiary/aromatic N) is 1. The van der Waals surface area contributed by atoms with E-state index in [1.807, 2.05) is 24.4 Å². The third-order valence-corrected chi connectivity index (χ3v) is 3.31. The molecule has 84 valence electrons. The molecule has 1 heterocycles. The highest BCUT2D eigenvalue weighted by molar-refractivity contribution is 7.11. The van der Waals surface area contributed by atoms with Crippen LogP contribution in [0.2, 0.25) is 0 Å². The maximum Gasteiger partial charge on any atom is 0.119 e. The van der Waals surface area contributed by atoms with Crippen LogP contribution in [0, 0.1) is 0 Å². The lowest BCUT2D eigenvalue weighted by Crippen LogP contribution is -1.93. The first kappa shape index (κ1) is 11.1. The summed E-state index contributed by atoms with van der Waals surface area (Å²) in [5.41, 5.74) is 6.76. The maximum absolute atomic E-state index is 5.53. The molecule has 2 N–H and O–H groups in total. The van der Waals surface area contributed by atoms with Crippen molar-refractivity contribution in [3.8, 4) is 5.75 Å². The highest BCUT2D eigenvalue weighted by Crippen LogP contribution is 2.19. The predicted octanol–water partition coefficient (Wildman–Crippen LogP) is 2.20. The number of hydrogen-bond donors (Lipinski definition) is 1. The summed E-state index contributed by atoms with van der Waals surface area (Å²) in [6.07, 6.45) is 2.78. The van der Waals surface area contributed by atoms with Crippen molar-refractivity contribution in [3.05, 3.63) is 45.9 Å². The Morgan fingerprint density at radius 2 is 2.31 bits per heavy atom. The molecule has 3 nitrogen and oxygen atoms in total. The summed E-state index contributed by atoms with van der Waals surface area (Å²) in [5, 5.41) is 0.984. The van der Waals surface area contributed by atoms with Gasteiger partial charge in [0, 0.05) is 24.0 Å². The molecule has 0 saturated heterocycles. The SMILES string of the molecule is COc1cccc(Cc2cnc(CN)s2)c1. The Kier molecular flexibility index (Phi) is 3.54. The van der Waals surface area contributed by atoms with Crippen LogP contribution in [0.5, 0.6) is 5.75 Å². The second-order valence-electron chi connectivity index (χ2n) is 3.45. The van der Waals surface area contributed by atoms with E-state index in [2.05, 4.69) is 11.1 Å². The Morgan fingerprint density at radius 3 is 3.00 bits per heavy atom. The second-order valence-corrected chi connectivity index (χ2v) is 4.65. The first-order chi connectivity index (χ1) is 7.81. The Balaban J connectivity index is 2.13. The standard InChI is InChI=1S/C12H14N2OS/c1-15-10-4-2-3-9(5-10)6-11-8-14-12(7-13)16-11/h2-5,8H,6-7,13H2,1H3. The van der Waals surface area contributed by atoms with Gasteiger partial charge in [0.2, 0.25) is 0 Å². The van der Waals surface area contributed by atoms with Gasteiger partial charge in [-0.3, -0.25) is 0 Å². The number of ether oxygens (including phenoxy) is 1. The molecule has 0 aliphatic rings. The largest absolute Gasteiger partial charge is 0.497 e. The normalized spacial score (nSPS) is 10.4. The van der Waals surface area contributed by atoms with Crippen LogP contribution >= 0.6 is 11.3 Å². The lowest BCUT2D eigenvalue weighted by atomic mass is 10.1. The van der Waals surface area contributed by atoms with E-state index in [0.717, 1.165) is 17.2 Å². The molecule has 0 spiro atoms. The van der Waals surface area contributed by atoms with E-state index in [9.17, 15) is 0 Å². The van der Waals surface area contributed by atoms with Crippen molar-refractivity contribution in [3.63, 3.8) is 0 Å².